The van der Waals surface area contributed by atoms with Crippen LogP contribution in [-0.2, 0) is 11.0 Å². The summed E-state index contributed by atoms with van der Waals surface area (Å²) in [5, 5.41) is 9.59. The molecule has 0 bridgehead atoms. The van der Waals surface area contributed by atoms with Gasteiger partial charge >= 0.3 is 12.1 Å². The Morgan fingerprint density at radius 2 is 1.93 bits per heavy atom. The van der Waals surface area contributed by atoms with E-state index in [4.69, 9.17) is 14.6 Å². The third-order valence-electron chi connectivity index (χ3n) is 4.96. The lowest BCUT2D eigenvalue weighted by Gasteiger charge is -2.18. The normalized spacial score (nSPS) is 12.7. The average molecular weight is 421 g/mol. The van der Waals surface area contributed by atoms with Crippen LogP contribution in [0.2, 0.25) is 0 Å². The van der Waals surface area contributed by atoms with Gasteiger partial charge in [-0.1, -0.05) is 13.8 Å². The van der Waals surface area contributed by atoms with E-state index in [2.05, 4.69) is 18.8 Å². The minimum atomic E-state index is -4.71. The molecule has 0 radical (unpaired) electrons. The summed E-state index contributed by atoms with van der Waals surface area (Å²) < 4.78 is 51.6. The van der Waals surface area contributed by atoms with E-state index in [1.165, 1.54) is 13.0 Å². The van der Waals surface area contributed by atoms with Gasteiger partial charge in [0.2, 0.25) is 0 Å². The predicted octanol–water partition coefficient (Wildman–Crippen LogP) is 6.26. The molecule has 0 spiro atoms. The van der Waals surface area contributed by atoms with Gasteiger partial charge in [-0.3, -0.25) is 0 Å². The number of carboxylic acid groups (broad SMARTS) is 1. The number of hydrogen-bond acceptors (Lipinski definition) is 3. The molecule has 0 saturated heterocycles. The Morgan fingerprint density at radius 1 is 1.20 bits per heavy atom. The topological polar surface area (TPSA) is 71.5 Å². The lowest BCUT2D eigenvalue weighted by Crippen LogP contribution is -2.12. The number of aliphatic carboxylic acids is 1. The number of benzene rings is 2. The summed E-state index contributed by atoms with van der Waals surface area (Å²) in [4.78, 5) is 13.8. The summed E-state index contributed by atoms with van der Waals surface area (Å²) in [6, 6.07) is 7.18. The monoisotopic (exact) mass is 421 g/mol. The highest BCUT2D eigenvalue weighted by Crippen LogP contribution is 2.43. The zero-order valence-electron chi connectivity index (χ0n) is 16.8. The summed E-state index contributed by atoms with van der Waals surface area (Å²) in [7, 11) is 0. The van der Waals surface area contributed by atoms with Crippen molar-refractivity contribution in [2.24, 2.45) is 0 Å². The van der Waals surface area contributed by atoms with Crippen LogP contribution < -0.4 is 9.47 Å². The molecule has 2 N–H and O–H groups in total. The molecule has 3 aromatic rings. The van der Waals surface area contributed by atoms with Gasteiger partial charge in [0.15, 0.2) is 6.61 Å². The quantitative estimate of drug-likeness (QED) is 0.472. The van der Waals surface area contributed by atoms with Gasteiger partial charge in [0.25, 0.3) is 0 Å². The fourth-order valence-electron chi connectivity index (χ4n) is 3.25. The van der Waals surface area contributed by atoms with E-state index < -0.39 is 24.3 Å². The van der Waals surface area contributed by atoms with E-state index in [9.17, 15) is 18.0 Å². The van der Waals surface area contributed by atoms with Crippen LogP contribution in [0.25, 0.3) is 10.9 Å². The Morgan fingerprint density at radius 3 is 2.57 bits per heavy atom. The zero-order chi connectivity index (χ0) is 22.1. The first-order chi connectivity index (χ1) is 14.1. The molecule has 0 amide bonds. The first-order valence-corrected chi connectivity index (χ1v) is 9.45. The number of halogens is 3. The molecule has 2 aromatic carbocycles. The van der Waals surface area contributed by atoms with Gasteiger partial charge in [0.05, 0.1) is 0 Å². The maximum atomic E-state index is 13.7. The molecule has 0 aliphatic carbocycles. The number of nitrogens with one attached hydrogen (secondary N) is 1. The highest BCUT2D eigenvalue weighted by Gasteiger charge is 2.36. The molecule has 1 heterocycles. The molecule has 1 aromatic heterocycles. The van der Waals surface area contributed by atoms with Gasteiger partial charge in [0.1, 0.15) is 22.8 Å². The van der Waals surface area contributed by atoms with Crippen LogP contribution >= 0.6 is 0 Å². The van der Waals surface area contributed by atoms with Gasteiger partial charge in [-0.25, -0.2) is 4.79 Å². The number of aromatic nitrogens is 1. The molecule has 0 aliphatic rings. The van der Waals surface area contributed by atoms with Gasteiger partial charge in [0, 0.05) is 17.1 Å². The third-order valence-corrected chi connectivity index (χ3v) is 4.96. The molecule has 5 nitrogen and oxygen atoms in total. The maximum Gasteiger partial charge on any atom is 0.420 e. The van der Waals surface area contributed by atoms with Crippen molar-refractivity contribution in [1.82, 2.24) is 4.98 Å². The van der Waals surface area contributed by atoms with E-state index in [-0.39, 0.29) is 28.7 Å². The SMILES string of the molecule is CCC(C)c1c[nH]c2ccc(Oc3c(C)cc(OCC(=O)O)cc3C(F)(F)F)cc12. The van der Waals surface area contributed by atoms with Crippen molar-refractivity contribution in [3.8, 4) is 17.2 Å². The first kappa shape index (κ1) is 21.5. The largest absolute Gasteiger partial charge is 0.482 e. The van der Waals surface area contributed by atoms with Crippen LogP contribution in [0.1, 0.15) is 42.9 Å². The van der Waals surface area contributed by atoms with Crippen molar-refractivity contribution < 1.29 is 32.5 Å². The van der Waals surface area contributed by atoms with E-state index in [1.54, 1.807) is 18.2 Å². The van der Waals surface area contributed by atoms with Crippen molar-refractivity contribution in [3.05, 3.63) is 53.2 Å². The van der Waals surface area contributed by atoms with E-state index >= 15 is 0 Å². The summed E-state index contributed by atoms with van der Waals surface area (Å²) in [5.74, 6) is -1.25. The van der Waals surface area contributed by atoms with Crippen LogP contribution in [0, 0.1) is 6.92 Å². The molecule has 1 unspecified atom stereocenters. The molecule has 8 heteroatoms. The molecule has 0 aliphatic heterocycles. The van der Waals surface area contributed by atoms with Crippen molar-refractivity contribution >= 4 is 16.9 Å². The summed E-state index contributed by atoms with van der Waals surface area (Å²) in [5.41, 5.74) is 1.10. The molecule has 1 atom stereocenters. The third kappa shape index (κ3) is 4.53. The van der Waals surface area contributed by atoms with Crippen molar-refractivity contribution in [1.29, 1.82) is 0 Å². The first-order valence-electron chi connectivity index (χ1n) is 9.45. The number of H-pyrrole nitrogens is 1. The average Bonchev–Trinajstić information content (AvgIpc) is 3.09. The van der Waals surface area contributed by atoms with Crippen LogP contribution in [0.4, 0.5) is 13.2 Å². The van der Waals surface area contributed by atoms with Gasteiger partial charge in [-0.2, -0.15) is 13.2 Å². The Hall–Kier alpha value is -3.16. The predicted molar refractivity (Wildman–Crippen MR) is 106 cm³/mol. The molecule has 0 saturated carbocycles. The van der Waals surface area contributed by atoms with Gasteiger partial charge in [-0.05, 0) is 60.7 Å². The van der Waals surface area contributed by atoms with E-state index in [0.29, 0.717) is 0 Å². The lowest BCUT2D eigenvalue weighted by atomic mass is 9.98. The van der Waals surface area contributed by atoms with Crippen molar-refractivity contribution in [2.75, 3.05) is 6.61 Å². The van der Waals surface area contributed by atoms with Gasteiger partial charge in [-0.15, -0.1) is 0 Å². The Balaban J connectivity index is 2.02. The second-order valence-electron chi connectivity index (χ2n) is 7.16. The van der Waals surface area contributed by atoms with Crippen LogP contribution in [0.3, 0.4) is 0 Å². The zero-order valence-corrected chi connectivity index (χ0v) is 16.8. The minimum Gasteiger partial charge on any atom is -0.482 e. The Labute approximate surface area is 171 Å². The number of ether oxygens (including phenoxy) is 2. The number of carbonyl (C=O) groups is 1. The fraction of sp³-hybridized carbons (Fsp3) is 0.318. The fourth-order valence-corrected chi connectivity index (χ4v) is 3.25. The highest BCUT2D eigenvalue weighted by atomic mass is 19.4. The number of alkyl halides is 3. The molecule has 160 valence electrons. The molecular weight excluding hydrogens is 399 g/mol. The molecular formula is C22H22F3NO4. The number of hydrogen-bond donors (Lipinski definition) is 2. The Kier molecular flexibility index (Phi) is 5.96. The van der Waals surface area contributed by atoms with E-state index in [0.717, 1.165) is 29.0 Å². The summed E-state index contributed by atoms with van der Waals surface area (Å²) in [6.07, 6.45) is -1.88. The van der Waals surface area contributed by atoms with E-state index in [1.807, 2.05) is 6.20 Å². The Bertz CT molecular complexity index is 1070. The van der Waals surface area contributed by atoms with Crippen LogP contribution in [-0.4, -0.2) is 22.7 Å². The van der Waals surface area contributed by atoms with Crippen LogP contribution in [0.5, 0.6) is 17.2 Å². The standard InChI is InChI=1S/C22H22F3NO4/c1-4-12(2)17-10-26-19-6-5-14(8-16(17)19)30-21-13(3)7-15(29-11-20(27)28)9-18(21)22(23,24)25/h5-10,12,26H,4,11H2,1-3H3,(H,27,28). The smallest absolute Gasteiger partial charge is 0.420 e. The molecule has 30 heavy (non-hydrogen) atoms. The van der Waals surface area contributed by atoms with Crippen molar-refractivity contribution in [3.63, 3.8) is 0 Å². The van der Waals surface area contributed by atoms with Crippen molar-refractivity contribution in [2.45, 2.75) is 39.3 Å². The molecule has 0 fully saturated rings. The number of fused-ring (bicyclic) bond motifs is 1. The second kappa shape index (κ2) is 8.30. The number of aryl methyl sites for hydroxylation is 1. The van der Waals surface area contributed by atoms with Gasteiger partial charge < -0.3 is 19.6 Å². The maximum absolute atomic E-state index is 13.7. The number of aromatic amines is 1. The lowest BCUT2D eigenvalue weighted by molar-refractivity contribution is -0.139. The minimum absolute atomic E-state index is 0.182. The second-order valence-corrected chi connectivity index (χ2v) is 7.16. The van der Waals surface area contributed by atoms with Crippen LogP contribution in [0.15, 0.2) is 36.5 Å². The highest BCUT2D eigenvalue weighted by molar-refractivity contribution is 5.85. The summed E-state index contributed by atoms with van der Waals surface area (Å²) in [6.45, 7) is 4.87. The molecule has 3 rings (SSSR count). The summed E-state index contributed by atoms with van der Waals surface area (Å²) >= 11 is 0. The number of carboxylic acids is 1. The number of rotatable bonds is 7.